The molecular formula is C14H18N4O3. The third-order valence-corrected chi connectivity index (χ3v) is 3.22. The molecule has 112 valence electrons. The predicted molar refractivity (Wildman–Crippen MR) is 77.9 cm³/mol. The van der Waals surface area contributed by atoms with Crippen LogP contribution >= 0.6 is 0 Å². The molecule has 1 aromatic heterocycles. The molecule has 0 aliphatic heterocycles. The fourth-order valence-electron chi connectivity index (χ4n) is 1.99. The van der Waals surface area contributed by atoms with Crippen molar-refractivity contribution < 1.29 is 9.66 Å². The summed E-state index contributed by atoms with van der Waals surface area (Å²) in [5, 5.41) is 15.4. The lowest BCUT2D eigenvalue weighted by Crippen LogP contribution is -2.05. The number of nitro groups is 1. The van der Waals surface area contributed by atoms with Gasteiger partial charge >= 0.3 is 5.69 Å². The van der Waals surface area contributed by atoms with Gasteiger partial charge in [0, 0.05) is 19.7 Å². The van der Waals surface area contributed by atoms with Crippen LogP contribution in [0, 0.1) is 10.1 Å². The molecule has 0 aliphatic rings. The Morgan fingerprint density at radius 2 is 2.19 bits per heavy atom. The summed E-state index contributed by atoms with van der Waals surface area (Å²) >= 11 is 0. The first kappa shape index (κ1) is 15.0. The maximum absolute atomic E-state index is 11.1. The second-order valence-corrected chi connectivity index (χ2v) is 4.66. The number of hydrogen-bond donors (Lipinski definition) is 1. The molecule has 7 heteroatoms. The minimum absolute atomic E-state index is 0.0733. The molecule has 0 fully saturated rings. The van der Waals surface area contributed by atoms with Gasteiger partial charge in [-0.15, -0.1) is 0 Å². The van der Waals surface area contributed by atoms with Crippen molar-refractivity contribution in [1.29, 1.82) is 0 Å². The molecule has 1 heterocycles. The van der Waals surface area contributed by atoms with Gasteiger partial charge in [-0.2, -0.15) is 5.10 Å². The number of aromatic nitrogens is 2. The molecule has 0 bridgehead atoms. The van der Waals surface area contributed by atoms with Crippen molar-refractivity contribution >= 4 is 5.69 Å². The van der Waals surface area contributed by atoms with Crippen LogP contribution in [0.2, 0.25) is 0 Å². The summed E-state index contributed by atoms with van der Waals surface area (Å²) in [6.07, 6.45) is 0.833. The highest BCUT2D eigenvalue weighted by molar-refractivity contribution is 5.48. The fourth-order valence-corrected chi connectivity index (χ4v) is 1.99. The number of nitrogens with two attached hydrogens (primary N) is 1. The maximum atomic E-state index is 11.1. The molecular weight excluding hydrogens is 272 g/mol. The van der Waals surface area contributed by atoms with E-state index in [4.69, 9.17) is 10.5 Å². The molecule has 0 amide bonds. The van der Waals surface area contributed by atoms with Crippen molar-refractivity contribution in [2.45, 2.75) is 26.5 Å². The summed E-state index contributed by atoms with van der Waals surface area (Å²) in [6, 6.07) is 6.68. The van der Waals surface area contributed by atoms with E-state index in [1.165, 1.54) is 6.07 Å². The minimum Gasteiger partial charge on any atom is -0.480 e. The molecule has 0 unspecified atom stereocenters. The van der Waals surface area contributed by atoms with Crippen molar-refractivity contribution in [3.05, 3.63) is 51.3 Å². The van der Waals surface area contributed by atoms with Crippen LogP contribution in [0.1, 0.15) is 23.9 Å². The summed E-state index contributed by atoms with van der Waals surface area (Å²) in [5.74, 6) is 0.233. The Hall–Kier alpha value is -2.41. The number of aryl methyl sites for hydroxylation is 2. The van der Waals surface area contributed by atoms with Gasteiger partial charge in [-0.3, -0.25) is 14.8 Å². The summed E-state index contributed by atoms with van der Waals surface area (Å²) in [6.45, 7) is 2.50. The Morgan fingerprint density at radius 1 is 1.43 bits per heavy atom. The first-order chi connectivity index (χ1) is 10.0. The van der Waals surface area contributed by atoms with Gasteiger partial charge in [0.2, 0.25) is 0 Å². The third-order valence-electron chi connectivity index (χ3n) is 3.22. The topological polar surface area (TPSA) is 96.2 Å². The predicted octanol–water partition coefficient (Wildman–Crippen LogP) is 1.93. The van der Waals surface area contributed by atoms with Gasteiger partial charge in [0.1, 0.15) is 6.61 Å². The van der Waals surface area contributed by atoms with Crippen LogP contribution in [-0.4, -0.2) is 14.7 Å². The highest BCUT2D eigenvalue weighted by Crippen LogP contribution is 2.28. The van der Waals surface area contributed by atoms with Gasteiger partial charge in [0.15, 0.2) is 5.75 Å². The Bertz CT molecular complexity index is 652. The zero-order valence-corrected chi connectivity index (χ0v) is 12.1. The Balaban J connectivity index is 2.19. The highest BCUT2D eigenvalue weighted by atomic mass is 16.6. The van der Waals surface area contributed by atoms with Gasteiger partial charge in [-0.25, -0.2) is 0 Å². The van der Waals surface area contributed by atoms with Crippen LogP contribution in [0.3, 0.4) is 0 Å². The molecule has 2 rings (SSSR count). The van der Waals surface area contributed by atoms with E-state index in [1.807, 2.05) is 20.0 Å². The van der Waals surface area contributed by atoms with E-state index in [-0.39, 0.29) is 24.6 Å². The minimum atomic E-state index is -0.463. The molecule has 21 heavy (non-hydrogen) atoms. The standard InChI is InChI=1S/C14H18N4O3/c1-3-11-7-12(17(2)16-11)9-21-14-5-4-10(8-15)6-13(14)18(19)20/h4-7H,3,8-9,15H2,1-2H3. The number of rotatable bonds is 6. The van der Waals surface area contributed by atoms with Gasteiger partial charge in [0.25, 0.3) is 0 Å². The maximum Gasteiger partial charge on any atom is 0.311 e. The van der Waals surface area contributed by atoms with Crippen molar-refractivity contribution in [3.8, 4) is 5.75 Å². The molecule has 0 saturated carbocycles. The lowest BCUT2D eigenvalue weighted by atomic mass is 10.2. The van der Waals surface area contributed by atoms with E-state index in [2.05, 4.69) is 5.10 Å². The van der Waals surface area contributed by atoms with Crippen LogP contribution in [0.4, 0.5) is 5.69 Å². The quantitative estimate of drug-likeness (QED) is 0.647. The number of nitro benzene ring substituents is 1. The molecule has 0 aliphatic carbocycles. The summed E-state index contributed by atoms with van der Waals surface area (Å²) in [4.78, 5) is 10.6. The summed E-state index contributed by atoms with van der Waals surface area (Å²) in [7, 11) is 1.82. The number of ether oxygens (including phenoxy) is 1. The average Bonchev–Trinajstić information content (AvgIpc) is 2.85. The van der Waals surface area contributed by atoms with E-state index < -0.39 is 4.92 Å². The van der Waals surface area contributed by atoms with E-state index >= 15 is 0 Å². The van der Waals surface area contributed by atoms with Crippen LogP contribution in [0.5, 0.6) is 5.75 Å². The molecule has 0 radical (unpaired) electrons. The normalized spacial score (nSPS) is 10.6. The van der Waals surface area contributed by atoms with Gasteiger partial charge < -0.3 is 10.5 Å². The molecule has 1 aromatic carbocycles. The lowest BCUT2D eigenvalue weighted by Gasteiger charge is -2.08. The van der Waals surface area contributed by atoms with Gasteiger partial charge in [-0.05, 0) is 24.1 Å². The van der Waals surface area contributed by atoms with Crippen molar-refractivity contribution in [3.63, 3.8) is 0 Å². The molecule has 2 N–H and O–H groups in total. The molecule has 0 atom stereocenters. The summed E-state index contributed by atoms with van der Waals surface area (Å²) < 4.78 is 7.30. The molecule has 0 saturated heterocycles. The molecule has 2 aromatic rings. The van der Waals surface area contributed by atoms with Crippen molar-refractivity contribution in [1.82, 2.24) is 9.78 Å². The zero-order valence-electron chi connectivity index (χ0n) is 12.1. The number of nitrogens with zero attached hydrogens (tertiary/aromatic N) is 3. The van der Waals surface area contributed by atoms with E-state index in [0.29, 0.717) is 5.56 Å². The first-order valence-corrected chi connectivity index (χ1v) is 6.67. The van der Waals surface area contributed by atoms with Crippen LogP contribution < -0.4 is 10.5 Å². The Labute approximate surface area is 122 Å². The van der Waals surface area contributed by atoms with Crippen LogP contribution in [0.25, 0.3) is 0 Å². The van der Waals surface area contributed by atoms with E-state index in [0.717, 1.165) is 17.8 Å². The second kappa shape index (κ2) is 6.36. The smallest absolute Gasteiger partial charge is 0.311 e. The number of hydrogen-bond acceptors (Lipinski definition) is 5. The second-order valence-electron chi connectivity index (χ2n) is 4.66. The van der Waals surface area contributed by atoms with Crippen LogP contribution in [-0.2, 0) is 26.6 Å². The van der Waals surface area contributed by atoms with Crippen molar-refractivity contribution in [2.75, 3.05) is 0 Å². The summed E-state index contributed by atoms with van der Waals surface area (Å²) in [5.41, 5.74) is 7.95. The van der Waals surface area contributed by atoms with Crippen LogP contribution in [0.15, 0.2) is 24.3 Å². The van der Waals surface area contributed by atoms with Gasteiger partial charge in [-0.1, -0.05) is 13.0 Å². The van der Waals surface area contributed by atoms with Gasteiger partial charge in [0.05, 0.1) is 16.3 Å². The van der Waals surface area contributed by atoms with Crippen molar-refractivity contribution in [2.24, 2.45) is 12.8 Å². The third kappa shape index (κ3) is 3.38. The average molecular weight is 290 g/mol. The monoisotopic (exact) mass is 290 g/mol. The Kier molecular flexibility index (Phi) is 4.54. The SMILES string of the molecule is CCc1cc(COc2ccc(CN)cc2[N+](=O)[O-])n(C)n1. The van der Waals surface area contributed by atoms with E-state index in [9.17, 15) is 10.1 Å². The lowest BCUT2D eigenvalue weighted by molar-refractivity contribution is -0.386. The highest BCUT2D eigenvalue weighted by Gasteiger charge is 2.16. The molecule has 7 nitrogen and oxygen atoms in total. The zero-order chi connectivity index (χ0) is 15.4. The molecule has 0 spiro atoms. The fraction of sp³-hybridized carbons (Fsp3) is 0.357. The largest absolute Gasteiger partial charge is 0.480 e. The van der Waals surface area contributed by atoms with E-state index in [1.54, 1.807) is 16.8 Å². The number of benzene rings is 1. The first-order valence-electron chi connectivity index (χ1n) is 6.67. The Morgan fingerprint density at radius 3 is 2.76 bits per heavy atom.